The van der Waals surface area contributed by atoms with Crippen molar-refractivity contribution in [2.24, 2.45) is 23.7 Å². The largest absolute Gasteiger partial charge is 0.417 e. The number of hydrogen-bond acceptors (Lipinski definition) is 13. The molecule has 3 N–H and O–H groups in total. The van der Waals surface area contributed by atoms with E-state index in [2.05, 4.69) is 16.0 Å². The topological polar surface area (TPSA) is 273 Å². The van der Waals surface area contributed by atoms with Crippen LogP contribution in [0.1, 0.15) is 180 Å². The number of carbonyl (C=O) groups is 12. The molecule has 25 nitrogen and oxygen atoms in total. The standard InChI is InChI=1S/C74H115ClF3N13O12/c1-14-49(4)64-70(101)85(9)46-62(95)83(7)47-63(96)87(11)57(43-50-27-18-15-19-28-50)68(99)84(8)45-59(92)79-55(35-33-51-32-34-53(54(75)42-51)74(76,77)78)67(98)91(40-26-31-60(93)82(5)6)72(103)81-73(36-22-23-37-73)89(13)65(52-29-20-16-21-30-52)71(102)88(12)58(69(100)90-38-24-17-25-39-90)44-61(94)86(10)56(41-48(2)3)66(97)80-64/h26,31-32,34,42,48-50,52,55-58,64-65H,14-25,27-30,33,35-41,43-47H2,1-13H3,(H,79,92)(H,80,97)(H,81,103)/b31-26+/t49-,55+,56-,57-,58-,64-,65?/m0/s1. The van der Waals surface area contributed by atoms with Gasteiger partial charge in [-0.1, -0.05) is 109 Å². The predicted molar refractivity (Wildman–Crippen MR) is 384 cm³/mol. The Labute approximate surface area is 612 Å². The number of hydrogen-bond donors (Lipinski definition) is 3. The van der Waals surface area contributed by atoms with Crippen molar-refractivity contribution in [3.05, 3.63) is 46.5 Å². The zero-order valence-corrected chi connectivity index (χ0v) is 63.8. The van der Waals surface area contributed by atoms with Crippen LogP contribution in [-0.4, -0.2) is 265 Å². The van der Waals surface area contributed by atoms with Crippen LogP contribution < -0.4 is 16.0 Å². The molecule has 1 spiro atoms. The number of nitrogens with one attached hydrogen (secondary N) is 3. The Bertz CT molecular complexity index is 3190. The van der Waals surface area contributed by atoms with Gasteiger partial charge < -0.3 is 55.1 Å². The van der Waals surface area contributed by atoms with Gasteiger partial charge >= 0.3 is 12.2 Å². The minimum absolute atomic E-state index is 0.00754. The van der Waals surface area contributed by atoms with Crippen molar-refractivity contribution in [1.29, 1.82) is 0 Å². The summed E-state index contributed by atoms with van der Waals surface area (Å²) in [5.74, 6) is -8.31. The number of alkyl halides is 3. The third-order valence-corrected chi connectivity index (χ3v) is 22.2. The van der Waals surface area contributed by atoms with Crippen LogP contribution >= 0.6 is 11.6 Å². The number of halogens is 4. The smallest absolute Gasteiger partial charge is 0.345 e. The Hall–Kier alpha value is -7.36. The van der Waals surface area contributed by atoms with E-state index in [1.54, 1.807) is 18.9 Å². The number of benzene rings is 1. The first-order valence-electron chi connectivity index (χ1n) is 37.0. The summed E-state index contributed by atoms with van der Waals surface area (Å²) in [5.41, 5.74) is -2.26. The molecule has 13 amide bonds. The van der Waals surface area contributed by atoms with E-state index in [1.165, 1.54) is 88.1 Å². The maximum Gasteiger partial charge on any atom is 0.417 e. The number of aryl methyl sites for hydroxylation is 1. The predicted octanol–water partition coefficient (Wildman–Crippen LogP) is 6.93. The average molecular weight is 1470 g/mol. The van der Waals surface area contributed by atoms with Crippen molar-refractivity contribution in [1.82, 2.24) is 64.9 Å². The lowest BCUT2D eigenvalue weighted by molar-refractivity contribution is -0.154. The van der Waals surface area contributed by atoms with Crippen molar-refractivity contribution < 1.29 is 70.7 Å². The number of amides is 13. The summed E-state index contributed by atoms with van der Waals surface area (Å²) in [6, 6.07) is -5.58. The third-order valence-electron chi connectivity index (χ3n) is 21.9. The van der Waals surface area contributed by atoms with Gasteiger partial charge in [-0.15, -0.1) is 0 Å². The molecule has 576 valence electrons. The van der Waals surface area contributed by atoms with Crippen molar-refractivity contribution >= 4 is 82.6 Å². The van der Waals surface area contributed by atoms with E-state index >= 15 is 24.0 Å². The number of piperidine rings is 1. The van der Waals surface area contributed by atoms with E-state index in [0.29, 0.717) is 58.0 Å². The molecule has 1 aromatic rings. The molecule has 2 aliphatic heterocycles. The molecule has 2 saturated heterocycles. The van der Waals surface area contributed by atoms with Crippen LogP contribution in [0.2, 0.25) is 5.02 Å². The minimum Gasteiger partial charge on any atom is -0.345 e. The highest BCUT2D eigenvalue weighted by atomic mass is 35.5. The molecular weight excluding hydrogens is 1360 g/mol. The molecule has 103 heavy (non-hydrogen) atoms. The average Bonchev–Trinajstić information content (AvgIpc) is 1.75. The van der Waals surface area contributed by atoms with Gasteiger partial charge in [0.1, 0.15) is 30.2 Å². The molecule has 3 saturated carbocycles. The lowest BCUT2D eigenvalue weighted by atomic mass is 9.81. The van der Waals surface area contributed by atoms with Crippen molar-refractivity contribution in [2.75, 3.05) is 103 Å². The monoisotopic (exact) mass is 1470 g/mol. The molecule has 2 heterocycles. The summed E-state index contributed by atoms with van der Waals surface area (Å²) in [4.78, 5) is 192. The number of nitrogens with zero attached hydrogens (tertiary/aromatic N) is 10. The van der Waals surface area contributed by atoms with Gasteiger partial charge in [0.25, 0.3) is 5.91 Å². The van der Waals surface area contributed by atoms with Gasteiger partial charge in [0.15, 0.2) is 0 Å². The molecule has 5 aliphatic rings. The van der Waals surface area contributed by atoms with E-state index in [1.807, 2.05) is 25.7 Å². The van der Waals surface area contributed by atoms with Gasteiger partial charge in [-0.2, -0.15) is 13.2 Å². The number of rotatable bonds is 14. The Morgan fingerprint density at radius 1 is 0.680 bits per heavy atom. The summed E-state index contributed by atoms with van der Waals surface area (Å²) >= 11 is 6.21. The normalized spacial score (nSPS) is 25.2. The van der Waals surface area contributed by atoms with Gasteiger partial charge in [-0.05, 0) is 132 Å². The van der Waals surface area contributed by atoms with E-state index in [-0.39, 0.29) is 61.8 Å². The number of carbonyl (C=O) groups excluding carboxylic acids is 12. The molecule has 3 aliphatic carbocycles. The second kappa shape index (κ2) is 38.6. The van der Waals surface area contributed by atoms with Crippen LogP contribution in [0.5, 0.6) is 0 Å². The number of imide groups is 1. The zero-order valence-electron chi connectivity index (χ0n) is 63.0. The SMILES string of the molecule is CC[C@H](C)[C@@H]1NC(=O)[C@H](CC(C)C)N(C)C(=O)C[C@@H](C(=O)N2CCCCC2)N(C)C(=O)C(C2CCCCC2)N(C)C2(CCCC2)NC(=O)N(C/C=C/C(=O)N(C)C)C(=O)[C@@H](CCc2ccc(C(F)(F)F)c(Cl)c2)NC(=O)CN(C)C(=O)[C@H](CC2CCCCC2)N(C)C(=O)CN(C)C(=O)CN(C)C1=O. The molecule has 6 rings (SSSR count). The summed E-state index contributed by atoms with van der Waals surface area (Å²) in [6.07, 6.45) is 8.97. The number of urea groups is 1. The van der Waals surface area contributed by atoms with Crippen molar-refractivity contribution in [3.63, 3.8) is 0 Å². The van der Waals surface area contributed by atoms with Crippen LogP contribution in [-0.2, 0) is 65.3 Å². The van der Waals surface area contributed by atoms with E-state index in [4.69, 9.17) is 11.6 Å². The summed E-state index contributed by atoms with van der Waals surface area (Å²) in [5, 5.41) is 8.19. The zero-order chi connectivity index (χ0) is 76.4. The van der Waals surface area contributed by atoms with Crippen LogP contribution in [0.25, 0.3) is 0 Å². The Morgan fingerprint density at radius 2 is 1.26 bits per heavy atom. The first kappa shape index (κ1) is 84.6. The first-order chi connectivity index (χ1) is 48.5. The van der Waals surface area contributed by atoms with Crippen LogP contribution in [0, 0.1) is 23.7 Å². The maximum absolute atomic E-state index is 16.1. The summed E-state index contributed by atoms with van der Waals surface area (Å²) in [7, 11) is 13.2. The fraction of sp³-hybridized carbons (Fsp3) is 0.730. The molecule has 0 aromatic heterocycles. The van der Waals surface area contributed by atoms with E-state index in [9.17, 15) is 46.7 Å². The van der Waals surface area contributed by atoms with Gasteiger partial charge in [0.2, 0.25) is 59.1 Å². The van der Waals surface area contributed by atoms with Gasteiger partial charge in [0, 0.05) is 82.1 Å². The summed E-state index contributed by atoms with van der Waals surface area (Å²) < 4.78 is 42.0. The highest BCUT2D eigenvalue weighted by Crippen LogP contribution is 2.40. The number of likely N-dealkylation sites (tertiary alicyclic amines) is 1. The van der Waals surface area contributed by atoms with E-state index in [0.717, 1.165) is 95.6 Å². The highest BCUT2D eigenvalue weighted by Gasteiger charge is 2.50. The summed E-state index contributed by atoms with van der Waals surface area (Å²) in [6.45, 7) is 5.77. The molecule has 0 bridgehead atoms. The second-order valence-corrected chi connectivity index (χ2v) is 30.6. The molecular formula is C74H115ClF3N13O12. The fourth-order valence-corrected chi connectivity index (χ4v) is 15.4. The quantitative estimate of drug-likeness (QED) is 0.160. The highest BCUT2D eigenvalue weighted by molar-refractivity contribution is 6.31. The molecule has 0 radical (unpaired) electrons. The Balaban J connectivity index is 1.51. The van der Waals surface area contributed by atoms with Gasteiger partial charge in [0.05, 0.1) is 48.3 Å². The lowest BCUT2D eigenvalue weighted by Gasteiger charge is -2.48. The second-order valence-electron chi connectivity index (χ2n) is 30.2. The number of likely N-dealkylation sites (N-methyl/N-ethyl adjacent to an activating group) is 8. The van der Waals surface area contributed by atoms with Gasteiger partial charge in [-0.25, -0.2) is 4.79 Å². The first-order valence-corrected chi connectivity index (χ1v) is 37.4. The maximum atomic E-state index is 16.1. The minimum atomic E-state index is -4.80. The fourth-order valence-electron chi connectivity index (χ4n) is 15.1. The molecule has 29 heteroatoms. The molecule has 5 fully saturated rings. The Kier molecular flexibility index (Phi) is 31.7. The third kappa shape index (κ3) is 22.8. The van der Waals surface area contributed by atoms with Crippen molar-refractivity contribution in [2.45, 2.75) is 223 Å². The molecule has 1 aromatic carbocycles. The van der Waals surface area contributed by atoms with Crippen molar-refractivity contribution in [3.8, 4) is 0 Å². The van der Waals surface area contributed by atoms with Crippen LogP contribution in [0.3, 0.4) is 0 Å². The molecule has 1 unspecified atom stereocenters. The van der Waals surface area contributed by atoms with Gasteiger partial charge in [-0.3, -0.25) is 62.5 Å². The Morgan fingerprint density at radius 3 is 1.84 bits per heavy atom. The van der Waals surface area contributed by atoms with Crippen LogP contribution in [0.4, 0.5) is 18.0 Å². The van der Waals surface area contributed by atoms with Crippen LogP contribution in [0.15, 0.2) is 30.4 Å². The molecule has 7 atom stereocenters. The van der Waals surface area contributed by atoms with E-state index < -0.39 is 168 Å². The lowest BCUT2D eigenvalue weighted by Crippen LogP contribution is -2.68.